The maximum atomic E-state index is 8.94. The van der Waals surface area contributed by atoms with E-state index < -0.39 is 0 Å². The van der Waals surface area contributed by atoms with E-state index in [2.05, 4.69) is 55.3 Å². The van der Waals surface area contributed by atoms with Gasteiger partial charge in [0.2, 0.25) is 0 Å². The van der Waals surface area contributed by atoms with Gasteiger partial charge in [-0.15, -0.1) is 0 Å². The van der Waals surface area contributed by atoms with Gasteiger partial charge in [0.1, 0.15) is 0 Å². The van der Waals surface area contributed by atoms with Gasteiger partial charge in [-0.05, 0) is 38.8 Å². The second kappa shape index (κ2) is 6.08. The first-order valence-corrected chi connectivity index (χ1v) is 7.05. The number of hydrogen-bond acceptors (Lipinski definition) is 3. The van der Waals surface area contributed by atoms with E-state index in [9.17, 15) is 0 Å². The van der Waals surface area contributed by atoms with Crippen LogP contribution in [-0.4, -0.2) is 25.2 Å². The summed E-state index contributed by atoms with van der Waals surface area (Å²) < 4.78 is 0. The summed E-state index contributed by atoms with van der Waals surface area (Å²) in [6.45, 7) is 8.47. The molecule has 0 saturated carbocycles. The lowest BCUT2D eigenvalue weighted by atomic mass is 10.1. The number of nitrogens with zero attached hydrogens (tertiary/aromatic N) is 2. The molecule has 102 valence electrons. The smallest absolute Gasteiger partial charge is 0.0638 e. The van der Waals surface area contributed by atoms with Crippen molar-refractivity contribution in [1.29, 1.82) is 5.26 Å². The zero-order valence-electron chi connectivity index (χ0n) is 12.1. The quantitative estimate of drug-likeness (QED) is 0.885. The number of nitrogens with one attached hydrogen (secondary N) is 1. The van der Waals surface area contributed by atoms with E-state index in [1.807, 2.05) is 0 Å². The molecule has 1 saturated heterocycles. The normalized spacial score (nSPS) is 23.8. The number of nitriles is 1. The lowest BCUT2D eigenvalue weighted by Gasteiger charge is -2.27. The summed E-state index contributed by atoms with van der Waals surface area (Å²) >= 11 is 0. The molecule has 2 rings (SSSR count). The van der Waals surface area contributed by atoms with Gasteiger partial charge in [0.15, 0.2) is 0 Å². The van der Waals surface area contributed by atoms with Gasteiger partial charge in [-0.1, -0.05) is 17.7 Å². The summed E-state index contributed by atoms with van der Waals surface area (Å²) in [6, 6.07) is 9.65. The fraction of sp³-hybridized carbons (Fsp3) is 0.562. The molecule has 1 N–H and O–H groups in total. The van der Waals surface area contributed by atoms with E-state index in [1.165, 1.54) is 16.8 Å². The molecule has 0 aromatic heterocycles. The highest BCUT2D eigenvalue weighted by molar-refractivity contribution is 5.54. The molecule has 1 aliphatic rings. The molecule has 1 fully saturated rings. The van der Waals surface area contributed by atoms with Crippen LogP contribution in [0.2, 0.25) is 0 Å². The van der Waals surface area contributed by atoms with E-state index >= 15 is 0 Å². The Hall–Kier alpha value is -1.53. The third kappa shape index (κ3) is 3.48. The molecule has 0 bridgehead atoms. The van der Waals surface area contributed by atoms with Crippen molar-refractivity contribution in [3.8, 4) is 6.07 Å². The molecule has 3 nitrogen and oxygen atoms in total. The minimum Gasteiger partial charge on any atom is -0.370 e. The number of aryl methyl sites for hydroxylation is 2. The van der Waals surface area contributed by atoms with Crippen molar-refractivity contribution in [1.82, 2.24) is 5.32 Å². The van der Waals surface area contributed by atoms with Crippen LogP contribution in [0.5, 0.6) is 0 Å². The van der Waals surface area contributed by atoms with Crippen molar-refractivity contribution < 1.29 is 0 Å². The number of hydrogen-bond donors (Lipinski definition) is 1. The predicted octanol–water partition coefficient (Wildman–Crippen LogP) is 2.77. The Morgan fingerprint density at radius 3 is 2.89 bits per heavy atom. The van der Waals surface area contributed by atoms with Crippen LogP contribution < -0.4 is 10.2 Å². The van der Waals surface area contributed by atoms with Crippen LogP contribution in [-0.2, 0) is 0 Å². The average Bonchev–Trinajstić information content (AvgIpc) is 2.52. The van der Waals surface area contributed by atoms with Crippen molar-refractivity contribution in [3.05, 3.63) is 29.3 Å². The average molecular weight is 257 g/mol. The SMILES string of the molecule is Cc1ccc(N2CCC(C)NC(CC#N)C2)c(C)c1. The first-order valence-electron chi connectivity index (χ1n) is 7.05. The van der Waals surface area contributed by atoms with E-state index in [-0.39, 0.29) is 6.04 Å². The number of rotatable bonds is 2. The van der Waals surface area contributed by atoms with Gasteiger partial charge in [0, 0.05) is 30.9 Å². The Balaban J connectivity index is 2.20. The molecule has 0 amide bonds. The lowest BCUT2D eigenvalue weighted by Crippen LogP contribution is -2.40. The highest BCUT2D eigenvalue weighted by Crippen LogP contribution is 2.23. The fourth-order valence-corrected chi connectivity index (χ4v) is 2.86. The molecule has 0 spiro atoms. The van der Waals surface area contributed by atoms with Crippen LogP contribution in [0, 0.1) is 25.2 Å². The van der Waals surface area contributed by atoms with Gasteiger partial charge >= 0.3 is 0 Å². The Kier molecular flexibility index (Phi) is 4.44. The first-order chi connectivity index (χ1) is 9.10. The van der Waals surface area contributed by atoms with E-state index in [4.69, 9.17) is 5.26 Å². The Morgan fingerprint density at radius 1 is 1.42 bits per heavy atom. The van der Waals surface area contributed by atoms with Crippen molar-refractivity contribution in [2.75, 3.05) is 18.0 Å². The molecule has 2 atom stereocenters. The molecule has 1 aromatic carbocycles. The minimum absolute atomic E-state index is 0.267. The van der Waals surface area contributed by atoms with Crippen LogP contribution in [0.15, 0.2) is 18.2 Å². The van der Waals surface area contributed by atoms with Crippen LogP contribution in [0.4, 0.5) is 5.69 Å². The van der Waals surface area contributed by atoms with Gasteiger partial charge in [0.25, 0.3) is 0 Å². The predicted molar refractivity (Wildman–Crippen MR) is 79.4 cm³/mol. The maximum absolute atomic E-state index is 8.94. The Labute approximate surface area is 116 Å². The van der Waals surface area contributed by atoms with Gasteiger partial charge in [0.05, 0.1) is 12.5 Å². The van der Waals surface area contributed by atoms with Crippen LogP contribution >= 0.6 is 0 Å². The molecule has 3 heteroatoms. The number of benzene rings is 1. The van der Waals surface area contributed by atoms with E-state index in [0.29, 0.717) is 12.5 Å². The molecule has 1 aliphatic heterocycles. The summed E-state index contributed by atoms with van der Waals surface area (Å²) in [5.74, 6) is 0. The molecular weight excluding hydrogens is 234 g/mol. The van der Waals surface area contributed by atoms with Crippen LogP contribution in [0.25, 0.3) is 0 Å². The molecule has 1 heterocycles. The lowest BCUT2D eigenvalue weighted by molar-refractivity contribution is 0.473. The molecule has 1 aromatic rings. The standard InChI is InChI=1S/C16H23N3/c1-12-4-5-16(13(2)10-12)19-9-7-14(3)18-15(11-19)6-8-17/h4-5,10,14-15,18H,6-7,9,11H2,1-3H3. The van der Waals surface area contributed by atoms with Crippen molar-refractivity contribution >= 4 is 5.69 Å². The zero-order chi connectivity index (χ0) is 13.8. The third-order valence-electron chi connectivity index (χ3n) is 3.82. The van der Waals surface area contributed by atoms with Gasteiger partial charge in [-0.2, -0.15) is 5.26 Å². The summed E-state index contributed by atoms with van der Waals surface area (Å²) in [7, 11) is 0. The topological polar surface area (TPSA) is 39.1 Å². The minimum atomic E-state index is 0.267. The van der Waals surface area contributed by atoms with Gasteiger partial charge in [-0.25, -0.2) is 0 Å². The Bertz CT molecular complexity index is 475. The molecule has 0 radical (unpaired) electrons. The van der Waals surface area contributed by atoms with Gasteiger partial charge < -0.3 is 10.2 Å². The van der Waals surface area contributed by atoms with Crippen LogP contribution in [0.1, 0.15) is 30.9 Å². The monoisotopic (exact) mass is 257 g/mol. The summed E-state index contributed by atoms with van der Waals surface area (Å²) in [5.41, 5.74) is 3.94. The summed E-state index contributed by atoms with van der Waals surface area (Å²) in [5, 5.41) is 12.5. The largest absolute Gasteiger partial charge is 0.370 e. The van der Waals surface area contributed by atoms with Crippen molar-refractivity contribution in [2.45, 2.75) is 45.7 Å². The zero-order valence-corrected chi connectivity index (χ0v) is 12.1. The highest BCUT2D eigenvalue weighted by Gasteiger charge is 2.22. The van der Waals surface area contributed by atoms with E-state index in [1.54, 1.807) is 0 Å². The second-order valence-corrected chi connectivity index (χ2v) is 5.65. The molecule has 19 heavy (non-hydrogen) atoms. The summed E-state index contributed by atoms with van der Waals surface area (Å²) in [4.78, 5) is 2.42. The molecular formula is C16H23N3. The van der Waals surface area contributed by atoms with Crippen LogP contribution in [0.3, 0.4) is 0 Å². The highest BCUT2D eigenvalue weighted by atomic mass is 15.2. The maximum Gasteiger partial charge on any atom is 0.0638 e. The van der Waals surface area contributed by atoms with Crippen molar-refractivity contribution in [2.24, 2.45) is 0 Å². The summed E-state index contributed by atoms with van der Waals surface area (Å²) in [6.07, 6.45) is 1.70. The third-order valence-corrected chi connectivity index (χ3v) is 3.82. The number of anilines is 1. The molecule has 2 unspecified atom stereocenters. The van der Waals surface area contributed by atoms with Crippen molar-refractivity contribution in [3.63, 3.8) is 0 Å². The van der Waals surface area contributed by atoms with Gasteiger partial charge in [-0.3, -0.25) is 0 Å². The van der Waals surface area contributed by atoms with E-state index in [0.717, 1.165) is 19.5 Å². The second-order valence-electron chi connectivity index (χ2n) is 5.65. The Morgan fingerprint density at radius 2 is 2.21 bits per heavy atom. The fourth-order valence-electron chi connectivity index (χ4n) is 2.86. The molecule has 0 aliphatic carbocycles. The first kappa shape index (κ1) is 13.9.